The van der Waals surface area contributed by atoms with Crippen molar-refractivity contribution >= 4 is 23.6 Å². The van der Waals surface area contributed by atoms with Gasteiger partial charge < -0.3 is 29.7 Å². The van der Waals surface area contributed by atoms with Gasteiger partial charge in [-0.05, 0) is 37.5 Å². The van der Waals surface area contributed by atoms with Crippen molar-refractivity contribution in [2.24, 2.45) is 0 Å². The van der Waals surface area contributed by atoms with E-state index in [1.807, 2.05) is 26.0 Å². The Bertz CT molecular complexity index is 1150. The predicted octanol–water partition coefficient (Wildman–Crippen LogP) is 2.12. The van der Waals surface area contributed by atoms with E-state index >= 15 is 0 Å². The lowest BCUT2D eigenvalue weighted by Gasteiger charge is -2.29. The van der Waals surface area contributed by atoms with E-state index in [4.69, 9.17) is 9.26 Å². The topological polar surface area (TPSA) is 134 Å². The van der Waals surface area contributed by atoms with Gasteiger partial charge in [0.25, 0.3) is 5.91 Å². The molecule has 0 unspecified atom stereocenters. The molecule has 1 aromatic heterocycles. The molecular weight excluding hydrogens is 502 g/mol. The summed E-state index contributed by atoms with van der Waals surface area (Å²) < 4.78 is 10.5. The monoisotopic (exact) mass is 541 g/mol. The molecule has 1 aliphatic rings. The largest absolute Gasteiger partial charge is 0.497 e. The molecular formula is C28H39N5O6. The highest BCUT2D eigenvalue weighted by Crippen LogP contribution is 2.17. The number of nitrogens with one attached hydrogen (secondary N) is 2. The zero-order chi connectivity index (χ0) is 28.5. The van der Waals surface area contributed by atoms with E-state index in [1.165, 1.54) is 4.90 Å². The number of amides is 4. The van der Waals surface area contributed by atoms with E-state index in [9.17, 15) is 19.2 Å². The Hall–Kier alpha value is -3.89. The van der Waals surface area contributed by atoms with Crippen LogP contribution in [0.3, 0.4) is 0 Å². The Morgan fingerprint density at radius 2 is 1.85 bits per heavy atom. The molecule has 212 valence electrons. The normalized spacial score (nSPS) is 20.2. The fourth-order valence-corrected chi connectivity index (χ4v) is 4.28. The van der Waals surface area contributed by atoms with Crippen molar-refractivity contribution in [1.29, 1.82) is 0 Å². The van der Waals surface area contributed by atoms with Gasteiger partial charge in [-0.1, -0.05) is 31.1 Å². The predicted molar refractivity (Wildman–Crippen MR) is 144 cm³/mol. The lowest BCUT2D eigenvalue weighted by atomic mass is 10.0. The minimum Gasteiger partial charge on any atom is -0.497 e. The summed E-state index contributed by atoms with van der Waals surface area (Å²) in [5.74, 6) is 0.125. The highest BCUT2D eigenvalue weighted by molar-refractivity contribution is 5.93. The second-order valence-corrected chi connectivity index (χ2v) is 10.1. The summed E-state index contributed by atoms with van der Waals surface area (Å²) in [5.41, 5.74) is 1.05. The Morgan fingerprint density at radius 1 is 1.15 bits per heavy atom. The van der Waals surface area contributed by atoms with Crippen molar-refractivity contribution in [2.45, 2.75) is 64.5 Å². The van der Waals surface area contributed by atoms with E-state index in [1.54, 1.807) is 44.2 Å². The van der Waals surface area contributed by atoms with Crippen LogP contribution in [0.5, 0.6) is 5.75 Å². The van der Waals surface area contributed by atoms with Gasteiger partial charge in [0, 0.05) is 51.5 Å². The van der Waals surface area contributed by atoms with Gasteiger partial charge >= 0.3 is 0 Å². The SMILES string of the molecule is COc1ccc(C[C@@H]2NC(=O)CCCN(C(=O)c3cc(C(C)C)on3)CCCNC(=O)[C@H](C)N(C)C2=O)cc1. The van der Waals surface area contributed by atoms with Crippen LogP contribution in [0.4, 0.5) is 0 Å². The molecule has 0 spiro atoms. The third kappa shape index (κ3) is 8.05. The summed E-state index contributed by atoms with van der Waals surface area (Å²) in [7, 11) is 3.13. The molecule has 2 aromatic rings. The number of carbonyl (C=O) groups is 4. The molecule has 1 saturated heterocycles. The molecule has 2 atom stereocenters. The maximum atomic E-state index is 13.4. The lowest BCUT2D eigenvalue weighted by Crippen LogP contribution is -2.54. The second-order valence-electron chi connectivity index (χ2n) is 10.1. The maximum absolute atomic E-state index is 13.4. The van der Waals surface area contributed by atoms with Gasteiger partial charge in [0.2, 0.25) is 17.7 Å². The van der Waals surface area contributed by atoms with Crippen LogP contribution in [0.1, 0.15) is 67.8 Å². The number of benzene rings is 1. The lowest BCUT2D eigenvalue weighted by molar-refractivity contribution is -0.141. The number of nitrogens with zero attached hydrogens (tertiary/aromatic N) is 3. The van der Waals surface area contributed by atoms with Crippen molar-refractivity contribution < 1.29 is 28.4 Å². The first-order chi connectivity index (χ1) is 18.6. The zero-order valence-electron chi connectivity index (χ0n) is 23.4. The Labute approximate surface area is 229 Å². The molecule has 1 fully saturated rings. The van der Waals surface area contributed by atoms with Crippen LogP contribution >= 0.6 is 0 Å². The third-order valence-electron chi connectivity index (χ3n) is 6.88. The van der Waals surface area contributed by atoms with Gasteiger partial charge in [-0.3, -0.25) is 19.2 Å². The molecule has 4 amide bonds. The number of likely N-dealkylation sites (N-methyl/N-ethyl adjacent to an activating group) is 1. The van der Waals surface area contributed by atoms with E-state index in [-0.39, 0.29) is 48.1 Å². The highest BCUT2D eigenvalue weighted by atomic mass is 16.5. The Morgan fingerprint density at radius 3 is 2.49 bits per heavy atom. The van der Waals surface area contributed by atoms with Crippen LogP contribution < -0.4 is 15.4 Å². The summed E-state index contributed by atoms with van der Waals surface area (Å²) in [6.45, 7) is 6.56. The fraction of sp³-hybridized carbons (Fsp3) is 0.536. The summed E-state index contributed by atoms with van der Waals surface area (Å²) in [5, 5.41) is 9.63. The standard InChI is InChI=1S/C28H39N5O6/c1-18(2)24-17-23(31-39-24)28(37)33-14-6-8-25(34)30-22(16-20-9-11-21(38-5)12-10-20)27(36)32(4)19(3)26(35)29-13-7-15-33/h9-12,17-19,22H,6-8,13-16H2,1-5H3,(H,29,35)(H,30,34)/t19-,22-/m0/s1. The maximum Gasteiger partial charge on any atom is 0.276 e. The Kier molecular flexibility index (Phi) is 10.5. The van der Waals surface area contributed by atoms with Gasteiger partial charge in [0.15, 0.2) is 5.69 Å². The first-order valence-corrected chi connectivity index (χ1v) is 13.3. The molecule has 1 aromatic carbocycles. The number of carbonyl (C=O) groups excluding carboxylic acids is 4. The molecule has 0 bridgehead atoms. The number of aromatic nitrogens is 1. The van der Waals surface area contributed by atoms with Crippen molar-refractivity contribution in [3.8, 4) is 5.75 Å². The summed E-state index contributed by atoms with van der Waals surface area (Å²) in [6.07, 6.45) is 1.28. The zero-order valence-corrected chi connectivity index (χ0v) is 23.4. The van der Waals surface area contributed by atoms with Crippen LogP contribution in [0.25, 0.3) is 0 Å². The number of hydrogen-bond acceptors (Lipinski definition) is 7. The molecule has 2 heterocycles. The molecule has 11 nitrogen and oxygen atoms in total. The van der Waals surface area contributed by atoms with Crippen molar-refractivity contribution in [2.75, 3.05) is 33.8 Å². The van der Waals surface area contributed by atoms with Crippen LogP contribution in [-0.4, -0.2) is 84.5 Å². The van der Waals surface area contributed by atoms with Gasteiger partial charge in [0.05, 0.1) is 7.11 Å². The van der Waals surface area contributed by atoms with Crippen molar-refractivity contribution in [1.82, 2.24) is 25.6 Å². The molecule has 3 rings (SSSR count). The van der Waals surface area contributed by atoms with Crippen molar-refractivity contribution in [3.63, 3.8) is 0 Å². The molecule has 0 aliphatic carbocycles. The van der Waals surface area contributed by atoms with Crippen LogP contribution in [0.15, 0.2) is 34.9 Å². The second kappa shape index (κ2) is 13.8. The number of hydrogen-bond donors (Lipinski definition) is 2. The van der Waals surface area contributed by atoms with E-state index in [2.05, 4.69) is 15.8 Å². The van der Waals surface area contributed by atoms with Crippen molar-refractivity contribution in [3.05, 3.63) is 47.3 Å². The molecule has 0 saturated carbocycles. The molecule has 0 radical (unpaired) electrons. The first-order valence-electron chi connectivity index (χ1n) is 13.3. The minimum atomic E-state index is -0.862. The van der Waals surface area contributed by atoms with Gasteiger partial charge in [-0.2, -0.15) is 0 Å². The first kappa shape index (κ1) is 29.7. The average Bonchev–Trinajstić information content (AvgIpc) is 3.43. The Balaban J connectivity index is 1.77. The minimum absolute atomic E-state index is 0.0922. The van der Waals surface area contributed by atoms with Crippen LogP contribution in [0.2, 0.25) is 0 Å². The average molecular weight is 542 g/mol. The van der Waals surface area contributed by atoms with Gasteiger partial charge in [-0.25, -0.2) is 0 Å². The van der Waals surface area contributed by atoms with Crippen LogP contribution in [-0.2, 0) is 20.8 Å². The molecule has 11 heteroatoms. The molecule has 1 aliphatic heterocycles. The molecule has 39 heavy (non-hydrogen) atoms. The van der Waals surface area contributed by atoms with Crippen LogP contribution in [0, 0.1) is 0 Å². The number of ether oxygens (including phenoxy) is 1. The summed E-state index contributed by atoms with van der Waals surface area (Å²) in [4.78, 5) is 55.3. The highest BCUT2D eigenvalue weighted by Gasteiger charge is 2.30. The smallest absolute Gasteiger partial charge is 0.276 e. The van der Waals surface area contributed by atoms with E-state index in [0.717, 1.165) is 5.56 Å². The van der Waals surface area contributed by atoms with E-state index < -0.39 is 12.1 Å². The summed E-state index contributed by atoms with van der Waals surface area (Å²) in [6, 6.07) is 7.28. The van der Waals surface area contributed by atoms with Gasteiger partial charge in [-0.15, -0.1) is 0 Å². The van der Waals surface area contributed by atoms with E-state index in [0.29, 0.717) is 44.0 Å². The molecule has 2 N–H and O–H groups in total. The fourth-order valence-electron chi connectivity index (χ4n) is 4.28. The third-order valence-corrected chi connectivity index (χ3v) is 6.88. The summed E-state index contributed by atoms with van der Waals surface area (Å²) >= 11 is 0. The quantitative estimate of drug-likeness (QED) is 0.592. The number of rotatable bonds is 5. The number of methoxy groups -OCH3 is 1. The van der Waals surface area contributed by atoms with Gasteiger partial charge in [0.1, 0.15) is 23.6 Å².